The second-order valence-corrected chi connectivity index (χ2v) is 12.5. The molecule has 1 atom stereocenters. The Morgan fingerprint density at radius 3 is 2.24 bits per heavy atom. The van der Waals surface area contributed by atoms with Crippen LogP contribution in [0.1, 0.15) is 38.3 Å². The Bertz CT molecular complexity index is 1480. The highest BCUT2D eigenvalue weighted by Gasteiger charge is 2.35. The summed E-state index contributed by atoms with van der Waals surface area (Å²) in [5.74, 6) is -0.746. The maximum Gasteiger partial charge on any atom is 0.264 e. The van der Waals surface area contributed by atoms with E-state index < -0.39 is 28.5 Å². The molecule has 0 spiro atoms. The van der Waals surface area contributed by atoms with Gasteiger partial charge in [0, 0.05) is 22.6 Å². The first kappa shape index (κ1) is 32.2. The minimum atomic E-state index is -4.28. The number of anilines is 1. The third-order valence-corrected chi connectivity index (χ3v) is 8.79. The Morgan fingerprint density at radius 1 is 1.00 bits per heavy atom. The van der Waals surface area contributed by atoms with Gasteiger partial charge < -0.3 is 15.0 Å². The first-order chi connectivity index (χ1) is 19.4. The summed E-state index contributed by atoms with van der Waals surface area (Å²) in [7, 11) is -2.88. The van der Waals surface area contributed by atoms with Crippen LogP contribution in [0.4, 0.5) is 5.69 Å². The zero-order chi connectivity index (χ0) is 30.3. The summed E-state index contributed by atoms with van der Waals surface area (Å²) in [6.07, 6.45) is 0.292. The number of nitrogens with zero attached hydrogens (tertiary/aromatic N) is 2. The average molecular weight is 621 g/mol. The highest BCUT2D eigenvalue weighted by molar-refractivity contribution is 7.92. The molecular weight excluding hydrogens is 585 g/mol. The molecule has 0 heterocycles. The fourth-order valence-electron chi connectivity index (χ4n) is 4.32. The van der Waals surface area contributed by atoms with Gasteiger partial charge >= 0.3 is 0 Å². The predicted molar refractivity (Wildman–Crippen MR) is 163 cm³/mol. The molecule has 8 nitrogen and oxygen atoms in total. The molecule has 41 heavy (non-hydrogen) atoms. The first-order valence-electron chi connectivity index (χ1n) is 13.1. The minimum Gasteiger partial charge on any atom is -0.495 e. The van der Waals surface area contributed by atoms with Crippen molar-refractivity contribution in [2.45, 2.75) is 57.6 Å². The molecule has 1 N–H and O–H groups in total. The van der Waals surface area contributed by atoms with Crippen molar-refractivity contribution in [1.82, 2.24) is 10.2 Å². The minimum absolute atomic E-state index is 0.00632. The number of carbonyl (C=O) groups is 2. The number of benzene rings is 3. The maximum absolute atomic E-state index is 14.2. The second kappa shape index (κ2) is 14.1. The van der Waals surface area contributed by atoms with Gasteiger partial charge in [0.1, 0.15) is 18.3 Å². The fourth-order valence-corrected chi connectivity index (χ4v) is 6.10. The fraction of sp³-hybridized carbons (Fsp3) is 0.333. The van der Waals surface area contributed by atoms with E-state index >= 15 is 0 Å². The van der Waals surface area contributed by atoms with Crippen LogP contribution in [0, 0.1) is 6.92 Å². The van der Waals surface area contributed by atoms with Gasteiger partial charge in [-0.25, -0.2) is 8.42 Å². The van der Waals surface area contributed by atoms with E-state index in [1.165, 1.54) is 36.3 Å². The van der Waals surface area contributed by atoms with Gasteiger partial charge in [-0.15, -0.1) is 0 Å². The number of hydrogen-bond acceptors (Lipinski definition) is 5. The molecule has 11 heteroatoms. The Labute approximate surface area is 252 Å². The number of methoxy groups -OCH3 is 1. The summed E-state index contributed by atoms with van der Waals surface area (Å²) in [4.78, 5) is 28.8. The van der Waals surface area contributed by atoms with E-state index in [9.17, 15) is 18.0 Å². The molecule has 0 fully saturated rings. The van der Waals surface area contributed by atoms with Crippen LogP contribution in [0.3, 0.4) is 0 Å². The quantitative estimate of drug-likeness (QED) is 0.275. The second-order valence-electron chi connectivity index (χ2n) is 9.84. The number of ether oxygens (including phenoxy) is 1. The summed E-state index contributed by atoms with van der Waals surface area (Å²) in [6, 6.07) is 16.8. The van der Waals surface area contributed by atoms with E-state index in [2.05, 4.69) is 5.32 Å². The summed E-state index contributed by atoms with van der Waals surface area (Å²) in [5, 5.41) is 3.55. The number of aryl methyl sites for hydroxylation is 1. The smallest absolute Gasteiger partial charge is 0.264 e. The Kier molecular flexibility index (Phi) is 11.1. The molecule has 0 radical (unpaired) electrons. The maximum atomic E-state index is 14.2. The molecule has 3 aromatic rings. The summed E-state index contributed by atoms with van der Waals surface area (Å²) < 4.78 is 34.6. The summed E-state index contributed by atoms with van der Waals surface area (Å²) >= 11 is 12.7. The van der Waals surface area contributed by atoms with E-state index in [4.69, 9.17) is 27.9 Å². The number of rotatable bonds is 12. The van der Waals surface area contributed by atoms with Gasteiger partial charge in [-0.2, -0.15) is 0 Å². The van der Waals surface area contributed by atoms with Crippen molar-refractivity contribution in [1.29, 1.82) is 0 Å². The normalized spacial score (nSPS) is 12.1. The van der Waals surface area contributed by atoms with Crippen molar-refractivity contribution in [2.24, 2.45) is 0 Å². The molecule has 0 bridgehead atoms. The Hall–Kier alpha value is -3.27. The number of hydrogen-bond donors (Lipinski definition) is 1. The summed E-state index contributed by atoms with van der Waals surface area (Å²) in [6.45, 7) is 6.66. The zero-order valence-electron chi connectivity index (χ0n) is 23.7. The van der Waals surface area contributed by atoms with Crippen LogP contribution in [0.25, 0.3) is 0 Å². The molecule has 3 rings (SSSR count). The van der Waals surface area contributed by atoms with Crippen LogP contribution in [0.15, 0.2) is 71.6 Å². The molecule has 0 aliphatic carbocycles. The number of amides is 2. The molecular formula is C30H35Cl2N3O5S. The molecule has 220 valence electrons. The van der Waals surface area contributed by atoms with Crippen molar-refractivity contribution in [3.8, 4) is 5.75 Å². The van der Waals surface area contributed by atoms with E-state index in [1.807, 2.05) is 20.8 Å². The van der Waals surface area contributed by atoms with Crippen molar-refractivity contribution in [3.05, 3.63) is 87.9 Å². The highest BCUT2D eigenvalue weighted by Crippen LogP contribution is 2.35. The summed E-state index contributed by atoms with van der Waals surface area (Å²) in [5.41, 5.74) is 1.58. The molecule has 0 aromatic heterocycles. The van der Waals surface area contributed by atoms with Gasteiger partial charge in [-0.3, -0.25) is 13.9 Å². The largest absolute Gasteiger partial charge is 0.495 e. The van der Waals surface area contributed by atoms with Crippen molar-refractivity contribution in [2.75, 3.05) is 18.0 Å². The third kappa shape index (κ3) is 7.93. The van der Waals surface area contributed by atoms with Crippen LogP contribution in [0.5, 0.6) is 5.75 Å². The van der Waals surface area contributed by atoms with Gasteiger partial charge in [0.05, 0.1) is 17.7 Å². The SMILES string of the molecule is CC[C@H](C(=O)NC(C)C)N(Cc1ccccc1Cl)C(=O)CN(c1cc(Cl)ccc1OC)S(=O)(=O)c1ccc(C)cc1. The predicted octanol–water partition coefficient (Wildman–Crippen LogP) is 5.84. The number of nitrogens with one attached hydrogen (secondary N) is 1. The van der Waals surface area contributed by atoms with Gasteiger partial charge in [0.15, 0.2) is 0 Å². The van der Waals surface area contributed by atoms with Gasteiger partial charge in [-0.1, -0.05) is 66.0 Å². The lowest BCUT2D eigenvalue weighted by atomic mass is 10.1. The van der Waals surface area contributed by atoms with E-state index in [1.54, 1.807) is 49.4 Å². The number of halogens is 2. The number of sulfonamides is 1. The molecule has 3 aromatic carbocycles. The van der Waals surface area contributed by atoms with Gasteiger partial charge in [0.25, 0.3) is 10.0 Å². The van der Waals surface area contributed by atoms with Crippen LogP contribution >= 0.6 is 23.2 Å². The zero-order valence-corrected chi connectivity index (χ0v) is 26.1. The van der Waals surface area contributed by atoms with Crippen LogP contribution in [-0.4, -0.2) is 50.9 Å². The van der Waals surface area contributed by atoms with E-state index in [0.29, 0.717) is 17.0 Å². The number of carbonyl (C=O) groups excluding carboxylic acids is 2. The standard InChI is InChI=1S/C30H35Cl2N3O5S/c1-6-26(30(37)33-20(2)3)34(18-22-9-7-8-10-25(22)32)29(36)19-35(27-17-23(31)13-16-28(27)40-5)41(38,39)24-14-11-21(4)12-15-24/h7-17,20,26H,6,18-19H2,1-5H3,(H,33,37)/t26-/m1/s1. The molecule has 0 aliphatic rings. The third-order valence-electron chi connectivity index (χ3n) is 6.41. The lowest BCUT2D eigenvalue weighted by Crippen LogP contribution is -2.53. The monoisotopic (exact) mass is 619 g/mol. The highest BCUT2D eigenvalue weighted by atomic mass is 35.5. The van der Waals surface area contributed by atoms with Crippen LogP contribution < -0.4 is 14.4 Å². The van der Waals surface area contributed by atoms with Crippen molar-refractivity contribution < 1.29 is 22.7 Å². The topological polar surface area (TPSA) is 96.0 Å². The van der Waals surface area contributed by atoms with Crippen molar-refractivity contribution >= 4 is 50.7 Å². The van der Waals surface area contributed by atoms with Crippen LogP contribution in [-0.2, 0) is 26.2 Å². The van der Waals surface area contributed by atoms with Crippen molar-refractivity contribution in [3.63, 3.8) is 0 Å². The van der Waals surface area contributed by atoms with Gasteiger partial charge in [-0.05, 0) is 69.2 Å². The lowest BCUT2D eigenvalue weighted by molar-refractivity contribution is -0.140. The van der Waals surface area contributed by atoms with Gasteiger partial charge in [0.2, 0.25) is 11.8 Å². The molecule has 0 saturated heterocycles. The molecule has 0 unspecified atom stereocenters. The van der Waals surface area contributed by atoms with E-state index in [0.717, 1.165) is 9.87 Å². The lowest BCUT2D eigenvalue weighted by Gasteiger charge is -2.34. The molecule has 0 saturated carbocycles. The Morgan fingerprint density at radius 2 is 1.66 bits per heavy atom. The molecule has 0 aliphatic heterocycles. The first-order valence-corrected chi connectivity index (χ1v) is 15.3. The molecule has 2 amide bonds. The average Bonchev–Trinajstić information content (AvgIpc) is 2.92. The van der Waals surface area contributed by atoms with Crippen LogP contribution in [0.2, 0.25) is 10.0 Å². The van der Waals surface area contributed by atoms with E-state index in [-0.39, 0.29) is 39.8 Å². The Balaban J connectivity index is 2.15.